The van der Waals surface area contributed by atoms with Gasteiger partial charge in [-0.05, 0) is 36.4 Å². The van der Waals surface area contributed by atoms with E-state index >= 15 is 0 Å². The maximum absolute atomic E-state index is 12.5. The average Bonchev–Trinajstić information content (AvgIpc) is 3.14. The number of carbonyl (C=O) groups excluding carboxylic acids is 2. The average molecular weight is 545 g/mol. The number of rotatable bonds is 9. The smallest absolute Gasteiger partial charge is 0.253 e. The summed E-state index contributed by atoms with van der Waals surface area (Å²) in [5, 5.41) is 15.7. The Morgan fingerprint density at radius 3 is 2.39 bits per heavy atom. The van der Waals surface area contributed by atoms with Gasteiger partial charge in [0.2, 0.25) is 5.91 Å². The molecule has 1 aromatic heterocycles. The highest BCUT2D eigenvalue weighted by atomic mass is 35.5. The number of halogens is 4. The molecule has 0 bridgehead atoms. The third-order valence-electron chi connectivity index (χ3n) is 4.23. The summed E-state index contributed by atoms with van der Waals surface area (Å²) in [6, 6.07) is 9.43. The van der Waals surface area contributed by atoms with Gasteiger partial charge in [0.15, 0.2) is 11.0 Å². The van der Waals surface area contributed by atoms with Crippen molar-refractivity contribution in [3.05, 3.63) is 80.5 Å². The van der Waals surface area contributed by atoms with Gasteiger partial charge in [-0.15, -0.1) is 16.8 Å². The number of amides is 2. The molecule has 2 amide bonds. The molecule has 0 aliphatic heterocycles. The summed E-state index contributed by atoms with van der Waals surface area (Å²) in [7, 11) is 0. The number of hydrogen-bond acceptors (Lipinski definition) is 5. The fourth-order valence-corrected chi connectivity index (χ4v) is 4.42. The molecule has 0 unspecified atom stereocenters. The first kappa shape index (κ1) is 25.4. The van der Waals surface area contributed by atoms with E-state index in [0.29, 0.717) is 43.8 Å². The number of nitrogens with one attached hydrogen (secondary N) is 2. The number of benzene rings is 2. The Hall–Kier alpha value is -2.23. The lowest BCUT2D eigenvalue weighted by atomic mass is 10.2. The first-order valence-electron chi connectivity index (χ1n) is 9.42. The number of allylic oxidation sites excluding steroid dienone is 1. The molecular weight excluding hydrogens is 528 g/mol. The van der Waals surface area contributed by atoms with Gasteiger partial charge in [-0.2, -0.15) is 0 Å². The van der Waals surface area contributed by atoms with Crippen LogP contribution in [-0.4, -0.2) is 32.3 Å². The molecule has 33 heavy (non-hydrogen) atoms. The molecule has 0 atom stereocenters. The van der Waals surface area contributed by atoms with E-state index in [-0.39, 0.29) is 29.1 Å². The van der Waals surface area contributed by atoms with Crippen LogP contribution in [0.3, 0.4) is 0 Å². The van der Waals surface area contributed by atoms with Crippen molar-refractivity contribution in [1.29, 1.82) is 0 Å². The quantitative estimate of drug-likeness (QED) is 0.265. The van der Waals surface area contributed by atoms with Gasteiger partial charge in [0.25, 0.3) is 5.91 Å². The Morgan fingerprint density at radius 2 is 1.73 bits per heavy atom. The molecule has 0 radical (unpaired) electrons. The third-order valence-corrected chi connectivity index (χ3v) is 6.29. The van der Waals surface area contributed by atoms with Gasteiger partial charge in [-0.1, -0.05) is 64.2 Å². The molecule has 0 aliphatic rings. The summed E-state index contributed by atoms with van der Waals surface area (Å²) in [6.45, 7) is 4.24. The van der Waals surface area contributed by atoms with Crippen molar-refractivity contribution < 1.29 is 9.59 Å². The van der Waals surface area contributed by atoms with Crippen LogP contribution < -0.4 is 10.6 Å². The van der Waals surface area contributed by atoms with Crippen molar-refractivity contribution >= 4 is 75.7 Å². The van der Waals surface area contributed by atoms with Gasteiger partial charge in [0.05, 0.1) is 33.6 Å². The first-order valence-corrected chi connectivity index (χ1v) is 11.9. The number of aromatic nitrogens is 3. The highest BCUT2D eigenvalue weighted by Crippen LogP contribution is 2.26. The van der Waals surface area contributed by atoms with Gasteiger partial charge in [-0.3, -0.25) is 9.59 Å². The van der Waals surface area contributed by atoms with E-state index in [1.165, 1.54) is 17.8 Å². The Labute approximate surface area is 214 Å². The Morgan fingerprint density at radius 1 is 1.03 bits per heavy atom. The SMILES string of the molecule is C=CCn1c(CNC(=O)c2ccc(Cl)cc2Cl)nnc1SCC(=O)Nc1ccc(Cl)cc1Cl. The normalized spacial score (nSPS) is 10.7. The molecule has 12 heteroatoms. The van der Waals surface area contributed by atoms with Crippen molar-refractivity contribution in [1.82, 2.24) is 20.1 Å². The number of anilines is 1. The summed E-state index contributed by atoms with van der Waals surface area (Å²) in [4.78, 5) is 24.8. The summed E-state index contributed by atoms with van der Waals surface area (Å²) in [5.74, 6) is -0.0825. The van der Waals surface area contributed by atoms with Crippen molar-refractivity contribution in [2.75, 3.05) is 11.1 Å². The van der Waals surface area contributed by atoms with Gasteiger partial charge in [0, 0.05) is 16.6 Å². The van der Waals surface area contributed by atoms with Crippen LogP contribution in [0.1, 0.15) is 16.2 Å². The second kappa shape index (κ2) is 11.8. The van der Waals surface area contributed by atoms with Crippen molar-refractivity contribution in [3.8, 4) is 0 Å². The summed E-state index contributed by atoms with van der Waals surface area (Å²) in [6.07, 6.45) is 1.67. The second-order valence-corrected chi connectivity index (χ2v) is 9.20. The van der Waals surface area contributed by atoms with Gasteiger partial charge in [0.1, 0.15) is 0 Å². The predicted octanol–water partition coefficient (Wildman–Crippen LogP) is 5.74. The van der Waals surface area contributed by atoms with Crippen LogP contribution in [0.15, 0.2) is 54.2 Å². The Kier molecular flexibility index (Phi) is 9.05. The largest absolute Gasteiger partial charge is 0.345 e. The molecule has 172 valence electrons. The highest BCUT2D eigenvalue weighted by molar-refractivity contribution is 7.99. The van der Waals surface area contributed by atoms with Gasteiger partial charge >= 0.3 is 0 Å². The zero-order chi connectivity index (χ0) is 24.0. The molecular formula is C21H17Cl4N5O2S. The zero-order valence-corrected chi connectivity index (χ0v) is 20.8. The predicted molar refractivity (Wildman–Crippen MR) is 134 cm³/mol. The molecule has 0 saturated heterocycles. The van der Waals surface area contributed by atoms with E-state index in [1.807, 2.05) is 0 Å². The van der Waals surface area contributed by atoms with Gasteiger partial charge in [-0.25, -0.2) is 0 Å². The lowest BCUT2D eigenvalue weighted by Gasteiger charge is -2.10. The Bertz CT molecular complexity index is 1200. The number of hydrogen-bond donors (Lipinski definition) is 2. The monoisotopic (exact) mass is 543 g/mol. The number of carbonyl (C=O) groups is 2. The first-order chi connectivity index (χ1) is 15.8. The molecule has 1 heterocycles. The van der Waals surface area contributed by atoms with Crippen LogP contribution >= 0.6 is 58.2 Å². The minimum atomic E-state index is -0.377. The third kappa shape index (κ3) is 6.88. The topological polar surface area (TPSA) is 88.9 Å². The van der Waals surface area contributed by atoms with Crippen LogP contribution in [0.2, 0.25) is 20.1 Å². The van der Waals surface area contributed by atoms with E-state index in [0.717, 1.165) is 0 Å². The molecule has 0 aliphatic carbocycles. The van der Waals surface area contributed by atoms with E-state index in [4.69, 9.17) is 46.4 Å². The van der Waals surface area contributed by atoms with Crippen LogP contribution in [0, 0.1) is 0 Å². The van der Waals surface area contributed by atoms with E-state index < -0.39 is 0 Å². The van der Waals surface area contributed by atoms with Crippen molar-refractivity contribution in [3.63, 3.8) is 0 Å². The zero-order valence-electron chi connectivity index (χ0n) is 16.9. The van der Waals surface area contributed by atoms with Crippen molar-refractivity contribution in [2.24, 2.45) is 0 Å². The molecule has 0 fully saturated rings. The Balaban J connectivity index is 1.63. The van der Waals surface area contributed by atoms with E-state index in [9.17, 15) is 9.59 Å². The molecule has 3 rings (SSSR count). The fourth-order valence-electron chi connectivity index (χ4n) is 2.70. The highest BCUT2D eigenvalue weighted by Gasteiger charge is 2.16. The number of thioether (sulfide) groups is 1. The van der Waals surface area contributed by atoms with Crippen molar-refractivity contribution in [2.45, 2.75) is 18.2 Å². The van der Waals surface area contributed by atoms with Crippen LogP contribution in [0.5, 0.6) is 0 Å². The van der Waals surface area contributed by atoms with Crippen LogP contribution in [0.4, 0.5) is 5.69 Å². The minimum Gasteiger partial charge on any atom is -0.345 e. The van der Waals surface area contributed by atoms with Crippen LogP contribution in [-0.2, 0) is 17.9 Å². The van der Waals surface area contributed by atoms with E-state index in [1.54, 1.807) is 41.0 Å². The van der Waals surface area contributed by atoms with Gasteiger partial charge < -0.3 is 15.2 Å². The van der Waals surface area contributed by atoms with Crippen LogP contribution in [0.25, 0.3) is 0 Å². The fraction of sp³-hybridized carbons (Fsp3) is 0.143. The summed E-state index contributed by atoms with van der Waals surface area (Å²) in [5.41, 5.74) is 0.756. The van der Waals surface area contributed by atoms with E-state index in [2.05, 4.69) is 27.4 Å². The summed E-state index contributed by atoms with van der Waals surface area (Å²) >= 11 is 25.1. The minimum absolute atomic E-state index is 0.0704. The lowest BCUT2D eigenvalue weighted by molar-refractivity contribution is -0.113. The standard InChI is InChI=1S/C21H17Cl4N5O2S/c1-2-7-30-18(10-26-20(32)14-5-3-12(22)8-15(14)24)28-29-21(30)33-11-19(31)27-17-6-4-13(23)9-16(17)25/h2-6,8-9H,1,7,10-11H2,(H,26,32)(H,27,31). The second-order valence-electron chi connectivity index (χ2n) is 6.57. The molecule has 0 spiro atoms. The maximum Gasteiger partial charge on any atom is 0.253 e. The molecule has 2 aromatic carbocycles. The molecule has 7 nitrogen and oxygen atoms in total. The number of nitrogens with zero attached hydrogens (tertiary/aromatic N) is 3. The molecule has 2 N–H and O–H groups in total. The maximum atomic E-state index is 12.5. The molecule has 3 aromatic rings. The lowest BCUT2D eigenvalue weighted by Crippen LogP contribution is -2.25. The summed E-state index contributed by atoms with van der Waals surface area (Å²) < 4.78 is 1.75. The molecule has 0 saturated carbocycles.